The maximum atomic E-state index is 14.1. The fourth-order valence-corrected chi connectivity index (χ4v) is 8.96. The molecule has 3 aliphatic rings. The minimum absolute atomic E-state index is 0.0148. The summed E-state index contributed by atoms with van der Waals surface area (Å²) >= 11 is 0. The van der Waals surface area contributed by atoms with E-state index in [9.17, 15) is 25.1 Å². The molecule has 14 nitrogen and oxygen atoms in total. The summed E-state index contributed by atoms with van der Waals surface area (Å²) < 4.78 is 32.1. The Morgan fingerprint density at radius 2 is 1.74 bits per heavy atom. The molecule has 0 unspecified atom stereocenters. The summed E-state index contributed by atoms with van der Waals surface area (Å²) in [5.74, 6) is -0.991. The Kier molecular flexibility index (Phi) is 15.8. The van der Waals surface area contributed by atoms with E-state index in [2.05, 4.69) is 12.7 Å². The standard InChI is InChI=1S/C48H61N3O11/c1-6-25-59-48-43(50(5)46(54)58-27-26-57-32-33-15-8-7-9-16-33)31-41(49-62-47(2,3)4)39-28-34(17-10-12-23-52)38(20-11-13-24-53)44(45(39)48)40-30-37(21-22-42(40)61-48)60-36-19-14-18-35(29-36)51(55)56/h6-9,14-16,18-19,21-22,28-30,34,38,43-45,52-53H,1,10-13,17,20,23-27,31-32H2,2-5H3/t34-,38+,43-,44+,45+,48+/m0/s1. The minimum Gasteiger partial charge on any atom is -0.459 e. The maximum Gasteiger partial charge on any atom is 0.410 e. The van der Waals surface area contributed by atoms with Gasteiger partial charge in [0.25, 0.3) is 5.69 Å². The molecular formula is C48H61N3O11. The molecule has 6 atom stereocenters. The summed E-state index contributed by atoms with van der Waals surface area (Å²) in [6, 6.07) is 20.5. The first-order valence-corrected chi connectivity index (χ1v) is 21.6. The van der Waals surface area contributed by atoms with Crippen LogP contribution in [0.5, 0.6) is 17.2 Å². The highest BCUT2D eigenvalue weighted by atomic mass is 16.7. The van der Waals surface area contributed by atoms with Crippen LogP contribution in [0.15, 0.2) is 102 Å². The van der Waals surface area contributed by atoms with Crippen LogP contribution in [0.3, 0.4) is 0 Å². The van der Waals surface area contributed by atoms with Gasteiger partial charge in [-0.2, -0.15) is 0 Å². The van der Waals surface area contributed by atoms with Crippen LogP contribution in [-0.2, 0) is 25.7 Å². The third-order valence-electron chi connectivity index (χ3n) is 11.7. The lowest BCUT2D eigenvalue weighted by molar-refractivity contribution is -0.384. The Balaban J connectivity index is 1.46. The number of likely N-dealkylation sites (N-methyl/N-ethyl adjacent to an activating group) is 1. The number of carbonyl (C=O) groups is 1. The molecule has 3 aromatic carbocycles. The van der Waals surface area contributed by atoms with E-state index < -0.39 is 34.4 Å². The number of benzene rings is 3. The van der Waals surface area contributed by atoms with Crippen LogP contribution in [0, 0.1) is 27.9 Å². The number of nitro benzene ring substituents is 1. The molecule has 2 N–H and O–H groups in total. The molecule has 2 aliphatic carbocycles. The van der Waals surface area contributed by atoms with E-state index >= 15 is 0 Å². The molecule has 14 heteroatoms. The first-order valence-electron chi connectivity index (χ1n) is 21.6. The number of amides is 1. The van der Waals surface area contributed by atoms with Gasteiger partial charge in [-0.05, 0) is 93.7 Å². The number of non-ortho nitro benzene ring substituents is 1. The van der Waals surface area contributed by atoms with Crippen LogP contribution < -0.4 is 9.47 Å². The van der Waals surface area contributed by atoms with Crippen molar-refractivity contribution in [1.29, 1.82) is 0 Å². The molecule has 0 saturated heterocycles. The predicted octanol–water partition coefficient (Wildman–Crippen LogP) is 9.10. The van der Waals surface area contributed by atoms with Gasteiger partial charge in [0, 0.05) is 44.2 Å². The van der Waals surface area contributed by atoms with Crippen LogP contribution >= 0.6 is 0 Å². The zero-order valence-corrected chi connectivity index (χ0v) is 36.3. The fraction of sp³-hybridized carbons (Fsp3) is 0.500. The Morgan fingerprint density at radius 3 is 2.45 bits per heavy atom. The number of allylic oxidation sites excluding steroid dienone is 1. The summed E-state index contributed by atoms with van der Waals surface area (Å²) in [5, 5.41) is 36.2. The first-order chi connectivity index (χ1) is 29.9. The van der Waals surface area contributed by atoms with Gasteiger partial charge in [-0.1, -0.05) is 66.5 Å². The Bertz CT molecular complexity index is 2050. The van der Waals surface area contributed by atoms with E-state index in [1.54, 1.807) is 31.3 Å². The summed E-state index contributed by atoms with van der Waals surface area (Å²) in [6.07, 6.45) is 7.88. The van der Waals surface area contributed by atoms with Crippen molar-refractivity contribution in [3.05, 3.63) is 118 Å². The third kappa shape index (κ3) is 11.0. The van der Waals surface area contributed by atoms with E-state index in [0.29, 0.717) is 42.4 Å². The number of oxime groups is 1. The molecule has 1 amide bonds. The van der Waals surface area contributed by atoms with Gasteiger partial charge in [0.2, 0.25) is 5.79 Å². The van der Waals surface area contributed by atoms with Crippen LogP contribution in [0.25, 0.3) is 0 Å². The molecule has 0 radical (unpaired) electrons. The molecule has 0 aromatic heterocycles. The van der Waals surface area contributed by atoms with Crippen molar-refractivity contribution < 1.29 is 48.5 Å². The number of aliphatic hydroxyl groups excluding tert-OH is 2. The molecule has 1 fully saturated rings. The summed E-state index contributed by atoms with van der Waals surface area (Å²) in [7, 11) is 1.68. The smallest absolute Gasteiger partial charge is 0.410 e. The molecule has 1 heterocycles. The third-order valence-corrected chi connectivity index (χ3v) is 11.7. The van der Waals surface area contributed by atoms with Gasteiger partial charge in [0.1, 0.15) is 35.5 Å². The zero-order chi connectivity index (χ0) is 44.3. The average molecular weight is 856 g/mol. The number of hydrogen-bond donors (Lipinski definition) is 2. The zero-order valence-electron chi connectivity index (χ0n) is 36.3. The topological polar surface area (TPSA) is 172 Å². The van der Waals surface area contributed by atoms with Gasteiger partial charge in [-0.25, -0.2) is 4.79 Å². The van der Waals surface area contributed by atoms with Gasteiger partial charge >= 0.3 is 6.09 Å². The van der Waals surface area contributed by atoms with Gasteiger partial charge in [0.05, 0.1) is 42.4 Å². The molecule has 3 aromatic rings. The minimum atomic E-state index is -1.47. The molecule has 6 rings (SSSR count). The summed E-state index contributed by atoms with van der Waals surface area (Å²) in [4.78, 5) is 33.0. The molecule has 0 bridgehead atoms. The maximum absolute atomic E-state index is 14.1. The van der Waals surface area contributed by atoms with Crippen LogP contribution in [0.1, 0.15) is 82.8 Å². The number of rotatable bonds is 21. The lowest BCUT2D eigenvalue weighted by Crippen LogP contribution is -2.69. The second-order valence-corrected chi connectivity index (χ2v) is 17.1. The average Bonchev–Trinajstić information content (AvgIpc) is 3.26. The summed E-state index contributed by atoms with van der Waals surface area (Å²) in [6.45, 7) is 10.6. The number of nitro groups is 1. The Labute approximate surface area is 364 Å². The van der Waals surface area contributed by atoms with Crippen molar-refractivity contribution >= 4 is 17.5 Å². The number of nitrogens with zero attached hydrogens (tertiary/aromatic N) is 3. The molecule has 0 spiro atoms. The van der Waals surface area contributed by atoms with Crippen molar-refractivity contribution in [2.75, 3.05) is 40.1 Å². The van der Waals surface area contributed by atoms with Gasteiger partial charge in [-0.3, -0.25) is 10.1 Å². The number of hydrogen-bond acceptors (Lipinski definition) is 12. The van der Waals surface area contributed by atoms with Crippen molar-refractivity contribution in [2.24, 2.45) is 22.9 Å². The number of unbranched alkanes of at least 4 members (excludes halogenated alkanes) is 2. The molecule has 334 valence electrons. The predicted molar refractivity (Wildman–Crippen MR) is 234 cm³/mol. The van der Waals surface area contributed by atoms with E-state index in [0.717, 1.165) is 42.4 Å². The molecule has 1 saturated carbocycles. The quantitative estimate of drug-likeness (QED) is 0.0453. The van der Waals surface area contributed by atoms with Crippen molar-refractivity contribution in [2.45, 2.75) is 95.7 Å². The van der Waals surface area contributed by atoms with Crippen molar-refractivity contribution in [3.63, 3.8) is 0 Å². The Morgan fingerprint density at radius 1 is 1.00 bits per heavy atom. The fourth-order valence-electron chi connectivity index (χ4n) is 8.96. The monoisotopic (exact) mass is 855 g/mol. The number of aliphatic hydroxyl groups is 2. The van der Waals surface area contributed by atoms with E-state index in [-0.39, 0.29) is 62.9 Å². The molecular weight excluding hydrogens is 795 g/mol. The van der Waals surface area contributed by atoms with Gasteiger partial charge < -0.3 is 43.6 Å². The van der Waals surface area contributed by atoms with Gasteiger partial charge in [-0.15, -0.1) is 6.58 Å². The van der Waals surface area contributed by atoms with E-state index in [1.165, 1.54) is 17.0 Å². The summed E-state index contributed by atoms with van der Waals surface area (Å²) in [5.41, 5.74) is 2.68. The number of fused-ring (bicyclic) bond motifs is 2. The molecule has 1 aliphatic heterocycles. The SMILES string of the molecule is C=CCO[C@@]12Oc3ccc(Oc4cccc([N+](=O)[O-])c4)cc3[C@H]3[C@H](CCCCO)[C@@H](CCCCO)C=C(C(=NOC(C)(C)C)C[C@@H]1N(C)C(=O)OCCOCc1ccccc1)[C@H]32. The van der Waals surface area contributed by atoms with E-state index in [4.69, 9.17) is 33.7 Å². The highest BCUT2D eigenvalue weighted by molar-refractivity contribution is 6.03. The lowest BCUT2D eigenvalue weighted by atomic mass is 9.55. The second-order valence-electron chi connectivity index (χ2n) is 17.1. The second kappa shape index (κ2) is 21.2. The first kappa shape index (κ1) is 46.2. The highest BCUT2D eigenvalue weighted by Gasteiger charge is 2.65. The van der Waals surface area contributed by atoms with Crippen molar-refractivity contribution in [3.8, 4) is 17.2 Å². The number of carbonyl (C=O) groups excluding carboxylic acids is 1. The largest absolute Gasteiger partial charge is 0.459 e. The van der Waals surface area contributed by atoms with Crippen LogP contribution in [0.4, 0.5) is 10.5 Å². The lowest BCUT2D eigenvalue weighted by Gasteiger charge is -2.59. The van der Waals surface area contributed by atoms with Crippen molar-refractivity contribution in [1.82, 2.24) is 4.90 Å². The van der Waals surface area contributed by atoms with Crippen LogP contribution in [-0.4, -0.2) is 89.4 Å². The number of ether oxygens (including phenoxy) is 5. The van der Waals surface area contributed by atoms with E-state index in [1.807, 2.05) is 63.2 Å². The van der Waals surface area contributed by atoms with Crippen LogP contribution in [0.2, 0.25) is 0 Å². The molecule has 62 heavy (non-hydrogen) atoms. The Hall–Kier alpha value is -5.28. The van der Waals surface area contributed by atoms with Gasteiger partial charge in [0.15, 0.2) is 0 Å². The normalized spacial score (nSPS) is 23.3. The highest BCUT2D eigenvalue weighted by Crippen LogP contribution is 2.62.